The van der Waals surface area contributed by atoms with Gasteiger partial charge in [-0.1, -0.05) is 37.8 Å². The molecule has 2 aromatic heterocycles. The first-order chi connectivity index (χ1) is 28.0. The largest absolute Gasteiger partial charge is 0.445 e. The SMILES string of the molecule is C.Nc1c2c(nn1C(=O)[C@H]1CCNc3ccc(F)cc31)CC[C@@H](N)C2.Nc1c2c(nn1C(=O)[C@H]1CCNc3ccc(F)cc31)CC[C@@H](NC(=O)OCc1ccccc1)C2. The van der Waals surface area contributed by atoms with Gasteiger partial charge >= 0.3 is 6.09 Å². The number of anilines is 4. The molecule has 0 radical (unpaired) electrons. The van der Waals surface area contributed by atoms with Gasteiger partial charge in [0.15, 0.2) is 0 Å². The van der Waals surface area contributed by atoms with E-state index >= 15 is 0 Å². The number of hydrogen-bond donors (Lipinski definition) is 6. The first-order valence-electron chi connectivity index (χ1n) is 19.6. The summed E-state index contributed by atoms with van der Waals surface area (Å²) in [5, 5.41) is 18.2. The Morgan fingerprint density at radius 1 is 0.746 bits per heavy atom. The van der Waals surface area contributed by atoms with Crippen molar-refractivity contribution in [2.75, 3.05) is 35.2 Å². The van der Waals surface area contributed by atoms with Crippen molar-refractivity contribution in [3.8, 4) is 0 Å². The fourth-order valence-corrected chi connectivity index (χ4v) is 8.39. The highest BCUT2D eigenvalue weighted by Crippen LogP contribution is 2.37. The minimum Gasteiger partial charge on any atom is -0.445 e. The van der Waals surface area contributed by atoms with Crippen LogP contribution in [0.1, 0.15) is 93.7 Å². The number of aryl methyl sites for hydroxylation is 2. The smallest absolute Gasteiger partial charge is 0.407 e. The van der Waals surface area contributed by atoms with Gasteiger partial charge in [0.25, 0.3) is 11.8 Å². The number of nitrogens with one attached hydrogen (secondary N) is 3. The predicted molar refractivity (Wildman–Crippen MR) is 221 cm³/mol. The van der Waals surface area contributed by atoms with Crippen molar-refractivity contribution in [2.24, 2.45) is 5.73 Å². The molecule has 9 N–H and O–H groups in total. The number of amides is 1. The van der Waals surface area contributed by atoms with Gasteiger partial charge in [-0.15, -0.1) is 0 Å². The summed E-state index contributed by atoms with van der Waals surface area (Å²) in [6, 6.07) is 18.2. The van der Waals surface area contributed by atoms with Crippen molar-refractivity contribution >= 4 is 40.9 Å². The Labute approximate surface area is 340 Å². The lowest BCUT2D eigenvalue weighted by atomic mass is 9.90. The van der Waals surface area contributed by atoms with E-state index in [1.54, 1.807) is 12.1 Å². The normalized spacial score (nSPS) is 20.0. The number of nitrogens with two attached hydrogens (primary N) is 3. The number of alkyl carbamates (subject to hydrolysis) is 1. The van der Waals surface area contributed by atoms with E-state index in [1.165, 1.54) is 33.6 Å². The molecule has 9 rings (SSSR count). The van der Waals surface area contributed by atoms with E-state index in [1.807, 2.05) is 30.3 Å². The monoisotopic (exact) mass is 808 g/mol. The first-order valence-corrected chi connectivity index (χ1v) is 19.6. The third-order valence-electron chi connectivity index (χ3n) is 11.4. The number of ether oxygens (including phenoxy) is 1. The van der Waals surface area contributed by atoms with Gasteiger partial charge in [0, 0.05) is 47.7 Å². The topological polar surface area (TPSA) is 210 Å². The van der Waals surface area contributed by atoms with Crippen LogP contribution in [0.5, 0.6) is 0 Å². The average Bonchev–Trinajstić information content (AvgIpc) is 3.74. The minimum atomic E-state index is -0.530. The zero-order chi connectivity index (χ0) is 40.5. The Morgan fingerprint density at radius 3 is 1.83 bits per heavy atom. The molecule has 59 heavy (non-hydrogen) atoms. The fourth-order valence-electron chi connectivity index (χ4n) is 8.39. The second kappa shape index (κ2) is 17.3. The number of nitrogen functional groups attached to an aromatic ring is 2. The number of carbonyl (C=O) groups is 3. The summed E-state index contributed by atoms with van der Waals surface area (Å²) < 4.78 is 35.4. The number of aromatic nitrogens is 4. The van der Waals surface area contributed by atoms with Gasteiger partial charge in [-0.25, -0.2) is 13.6 Å². The van der Waals surface area contributed by atoms with E-state index in [2.05, 4.69) is 26.1 Å². The van der Waals surface area contributed by atoms with Crippen molar-refractivity contribution in [1.29, 1.82) is 0 Å². The third kappa shape index (κ3) is 8.49. The highest BCUT2D eigenvalue weighted by molar-refractivity contribution is 5.91. The molecule has 4 atom stereocenters. The Kier molecular flexibility index (Phi) is 12.0. The van der Waals surface area contributed by atoms with Crippen molar-refractivity contribution in [3.63, 3.8) is 0 Å². The number of rotatable bonds is 5. The molecule has 5 aromatic rings. The summed E-state index contributed by atoms with van der Waals surface area (Å²) >= 11 is 0. The maximum Gasteiger partial charge on any atom is 0.407 e. The van der Waals surface area contributed by atoms with Crippen molar-refractivity contribution in [1.82, 2.24) is 24.9 Å². The summed E-state index contributed by atoms with van der Waals surface area (Å²) in [4.78, 5) is 38.7. The molecule has 310 valence electrons. The second-order valence-electron chi connectivity index (χ2n) is 15.3. The van der Waals surface area contributed by atoms with Gasteiger partial charge in [0.1, 0.15) is 29.9 Å². The summed E-state index contributed by atoms with van der Waals surface area (Å²) in [5.74, 6) is -1.54. The highest BCUT2D eigenvalue weighted by atomic mass is 19.1. The molecule has 16 heteroatoms. The molecular weight excluding hydrogens is 759 g/mol. The van der Waals surface area contributed by atoms with Crippen LogP contribution in [-0.2, 0) is 37.0 Å². The number of halogens is 2. The van der Waals surface area contributed by atoms with Crippen molar-refractivity contribution < 1.29 is 27.9 Å². The lowest BCUT2D eigenvalue weighted by Gasteiger charge is -2.25. The average molecular weight is 809 g/mol. The maximum absolute atomic E-state index is 13.9. The molecule has 0 saturated carbocycles. The van der Waals surface area contributed by atoms with E-state index in [4.69, 9.17) is 21.9 Å². The number of hydrogen-bond acceptors (Lipinski definition) is 11. The van der Waals surface area contributed by atoms with Crippen LogP contribution in [0.2, 0.25) is 0 Å². The third-order valence-corrected chi connectivity index (χ3v) is 11.4. The zero-order valence-corrected chi connectivity index (χ0v) is 31.8. The van der Waals surface area contributed by atoms with Gasteiger partial charge in [-0.05, 0) is 104 Å². The quantitative estimate of drug-likeness (QED) is 0.123. The van der Waals surface area contributed by atoms with E-state index in [0.717, 1.165) is 52.3 Å². The summed E-state index contributed by atoms with van der Waals surface area (Å²) in [7, 11) is 0. The van der Waals surface area contributed by atoms with Gasteiger partial charge in [-0.3, -0.25) is 9.59 Å². The van der Waals surface area contributed by atoms with E-state index in [0.29, 0.717) is 68.6 Å². The van der Waals surface area contributed by atoms with Crippen LogP contribution in [0.4, 0.5) is 36.6 Å². The van der Waals surface area contributed by atoms with E-state index < -0.39 is 17.9 Å². The first kappa shape index (κ1) is 40.9. The highest BCUT2D eigenvalue weighted by Gasteiger charge is 2.35. The van der Waals surface area contributed by atoms with Crippen molar-refractivity contribution in [3.05, 3.63) is 118 Å². The maximum atomic E-state index is 13.9. The molecule has 1 amide bonds. The predicted octanol–water partition coefficient (Wildman–Crippen LogP) is 5.92. The van der Waals surface area contributed by atoms with Crippen LogP contribution in [0.3, 0.4) is 0 Å². The molecule has 3 aromatic carbocycles. The van der Waals surface area contributed by atoms with Crippen LogP contribution in [0.25, 0.3) is 0 Å². The van der Waals surface area contributed by atoms with E-state index in [9.17, 15) is 23.2 Å². The van der Waals surface area contributed by atoms with E-state index in [-0.39, 0.29) is 55.4 Å². The Hall–Kier alpha value is -6.29. The van der Waals surface area contributed by atoms with Crippen LogP contribution in [0, 0.1) is 11.6 Å². The lowest BCUT2D eigenvalue weighted by molar-refractivity contribution is 0.0851. The van der Waals surface area contributed by atoms with Crippen molar-refractivity contribution in [2.45, 2.75) is 89.3 Å². The van der Waals surface area contributed by atoms with Crippen LogP contribution in [-0.4, -0.2) is 62.6 Å². The molecule has 2 aliphatic carbocycles. The molecule has 14 nitrogen and oxygen atoms in total. The molecule has 0 bridgehead atoms. The molecular formula is C43H50F2N10O4. The molecule has 2 aliphatic heterocycles. The van der Waals surface area contributed by atoms with Crippen LogP contribution in [0.15, 0.2) is 66.7 Å². The van der Waals surface area contributed by atoms with Gasteiger partial charge in [0.05, 0.1) is 23.2 Å². The van der Waals surface area contributed by atoms with Gasteiger partial charge in [0.2, 0.25) is 0 Å². The minimum absolute atomic E-state index is 0. The van der Waals surface area contributed by atoms with Gasteiger partial charge in [-0.2, -0.15) is 19.6 Å². The molecule has 0 unspecified atom stereocenters. The molecule has 0 saturated heterocycles. The second-order valence-corrected chi connectivity index (χ2v) is 15.3. The van der Waals surface area contributed by atoms with Gasteiger partial charge < -0.3 is 37.9 Å². The van der Waals surface area contributed by atoms with Crippen LogP contribution >= 0.6 is 0 Å². The molecule has 0 spiro atoms. The standard InChI is InChI=1S/C25H26FN5O3.C17H20FN5O.CH4/c26-16-6-8-21-19(12-16)18(10-11-28-21)24(32)31-23(27)20-13-17(7-9-22(20)30-31)29-25(33)34-14-15-4-2-1-3-5-15;18-9-1-3-14-12(7-9)11(5-6-21-14)17(24)23-16(20)13-8-10(19)2-4-15(13)22-23;/h1-6,8,12,17-18,28H,7,9-11,13-14,27H2,(H,29,33);1,3,7,10-11,21H,2,4-6,8,19-20H2;1H4/t17-,18+;10-,11+;/m11./s1. The Morgan fingerprint density at radius 2 is 1.27 bits per heavy atom. The summed E-state index contributed by atoms with van der Waals surface area (Å²) in [6.45, 7) is 1.45. The number of fused-ring (bicyclic) bond motifs is 4. The summed E-state index contributed by atoms with van der Waals surface area (Å²) in [6.07, 6.45) is 4.55. The Bertz CT molecular complexity index is 2360. The zero-order valence-electron chi connectivity index (χ0n) is 31.8. The number of nitrogens with zero attached hydrogens (tertiary/aromatic N) is 4. The molecule has 0 fully saturated rings. The van der Waals surface area contributed by atoms with Crippen LogP contribution < -0.4 is 33.2 Å². The lowest BCUT2D eigenvalue weighted by Crippen LogP contribution is -2.39. The molecule has 4 aliphatic rings. The fraction of sp³-hybridized carbons (Fsp3) is 0.372. The number of benzene rings is 3. The molecule has 4 heterocycles. The number of carbonyl (C=O) groups excluding carboxylic acids is 3. The summed E-state index contributed by atoms with van der Waals surface area (Å²) in [5.41, 5.74) is 25.5. The Balaban J connectivity index is 0.000000186.